The fraction of sp³-hybridized carbons (Fsp3) is 0.263. The number of carbonyl (C=O) groups is 1. The van der Waals surface area contributed by atoms with Crippen LogP contribution in [0.2, 0.25) is 0 Å². The Morgan fingerprint density at radius 2 is 2.00 bits per heavy atom. The highest BCUT2D eigenvalue weighted by atomic mass is 16.3. The van der Waals surface area contributed by atoms with E-state index in [-0.39, 0.29) is 18.7 Å². The SMILES string of the molecule is Cc1cccc2[nH]c(CNC(=O)N[C@H](CCO)c3ccccc3)nc12. The zero-order valence-corrected chi connectivity index (χ0v) is 14.1. The minimum atomic E-state index is -0.292. The van der Waals surface area contributed by atoms with Gasteiger partial charge in [-0.25, -0.2) is 9.78 Å². The highest BCUT2D eigenvalue weighted by molar-refractivity contribution is 5.79. The molecule has 0 fully saturated rings. The van der Waals surface area contributed by atoms with Gasteiger partial charge in [-0.3, -0.25) is 0 Å². The molecule has 0 radical (unpaired) electrons. The number of imidazole rings is 1. The molecule has 2 amide bonds. The number of aliphatic hydroxyl groups excluding tert-OH is 1. The molecule has 0 spiro atoms. The van der Waals surface area contributed by atoms with E-state index in [1.165, 1.54) is 0 Å². The number of H-pyrrole nitrogens is 1. The lowest BCUT2D eigenvalue weighted by Gasteiger charge is -2.18. The summed E-state index contributed by atoms with van der Waals surface area (Å²) in [5.74, 6) is 0.706. The molecule has 6 nitrogen and oxygen atoms in total. The molecule has 130 valence electrons. The van der Waals surface area contributed by atoms with Crippen molar-refractivity contribution in [1.29, 1.82) is 0 Å². The fourth-order valence-electron chi connectivity index (χ4n) is 2.82. The Hall–Kier alpha value is -2.86. The first-order chi connectivity index (χ1) is 12.2. The molecular weight excluding hydrogens is 316 g/mol. The zero-order valence-electron chi connectivity index (χ0n) is 14.1. The Kier molecular flexibility index (Phi) is 5.30. The average molecular weight is 338 g/mol. The number of para-hydroxylation sites is 1. The third kappa shape index (κ3) is 4.16. The molecular formula is C19H22N4O2. The second-order valence-electron chi connectivity index (χ2n) is 5.96. The lowest BCUT2D eigenvalue weighted by molar-refractivity contribution is 0.228. The van der Waals surface area contributed by atoms with Crippen molar-refractivity contribution >= 4 is 17.1 Å². The fourth-order valence-corrected chi connectivity index (χ4v) is 2.82. The number of hydrogen-bond acceptors (Lipinski definition) is 3. The molecule has 0 saturated heterocycles. The number of aromatic nitrogens is 2. The van der Waals surface area contributed by atoms with Gasteiger partial charge in [0.15, 0.2) is 0 Å². The summed E-state index contributed by atoms with van der Waals surface area (Å²) in [5.41, 5.74) is 3.93. The Balaban J connectivity index is 1.62. The molecule has 1 heterocycles. The van der Waals surface area contributed by atoms with Gasteiger partial charge in [0.1, 0.15) is 5.82 Å². The van der Waals surface area contributed by atoms with Crippen LogP contribution in [0.1, 0.15) is 29.4 Å². The summed E-state index contributed by atoms with van der Waals surface area (Å²) < 4.78 is 0. The molecule has 25 heavy (non-hydrogen) atoms. The van der Waals surface area contributed by atoms with Gasteiger partial charge >= 0.3 is 6.03 Å². The van der Waals surface area contributed by atoms with Crippen molar-refractivity contribution in [2.75, 3.05) is 6.61 Å². The highest BCUT2D eigenvalue weighted by Crippen LogP contribution is 2.16. The lowest BCUT2D eigenvalue weighted by Crippen LogP contribution is -2.38. The number of amides is 2. The first-order valence-electron chi connectivity index (χ1n) is 8.31. The molecule has 0 aliphatic heterocycles. The predicted octanol–water partition coefficient (Wildman–Crippen LogP) is 2.79. The first kappa shape index (κ1) is 17.0. The van der Waals surface area contributed by atoms with Gasteiger partial charge in [-0.1, -0.05) is 42.5 Å². The maximum atomic E-state index is 12.2. The van der Waals surface area contributed by atoms with E-state index >= 15 is 0 Å². The van der Waals surface area contributed by atoms with Gasteiger partial charge in [-0.2, -0.15) is 0 Å². The van der Waals surface area contributed by atoms with Crippen LogP contribution in [-0.2, 0) is 6.54 Å². The van der Waals surface area contributed by atoms with Gasteiger partial charge < -0.3 is 20.7 Å². The quantitative estimate of drug-likeness (QED) is 0.557. The molecule has 1 aromatic heterocycles. The van der Waals surface area contributed by atoms with Crippen molar-refractivity contribution in [3.8, 4) is 0 Å². The second kappa shape index (κ2) is 7.81. The minimum absolute atomic E-state index is 0.00267. The standard InChI is InChI=1S/C19H22N4O2/c1-13-6-5-9-16-18(13)23-17(21-16)12-20-19(25)22-15(10-11-24)14-7-3-2-4-8-14/h2-9,15,24H,10-12H2,1H3,(H,21,23)(H2,20,22,25)/t15-/m1/s1. The van der Waals surface area contributed by atoms with E-state index in [9.17, 15) is 9.90 Å². The third-order valence-electron chi connectivity index (χ3n) is 4.10. The maximum Gasteiger partial charge on any atom is 0.315 e. The molecule has 4 N–H and O–H groups in total. The van der Waals surface area contributed by atoms with Gasteiger partial charge in [-0.05, 0) is 30.5 Å². The van der Waals surface area contributed by atoms with Crippen LogP contribution in [0.4, 0.5) is 4.79 Å². The second-order valence-corrected chi connectivity index (χ2v) is 5.96. The normalized spacial score (nSPS) is 12.1. The number of carbonyl (C=O) groups excluding carboxylic acids is 1. The van der Waals surface area contributed by atoms with Gasteiger partial charge in [0.2, 0.25) is 0 Å². The van der Waals surface area contributed by atoms with E-state index in [1.54, 1.807) is 0 Å². The van der Waals surface area contributed by atoms with Crippen molar-refractivity contribution in [3.05, 3.63) is 65.5 Å². The van der Waals surface area contributed by atoms with E-state index in [2.05, 4.69) is 20.6 Å². The average Bonchev–Trinajstić information content (AvgIpc) is 3.05. The molecule has 3 aromatic rings. The molecule has 0 aliphatic carbocycles. The number of hydrogen-bond donors (Lipinski definition) is 4. The van der Waals surface area contributed by atoms with E-state index in [0.29, 0.717) is 18.8 Å². The van der Waals surface area contributed by atoms with Crippen molar-refractivity contribution < 1.29 is 9.90 Å². The minimum Gasteiger partial charge on any atom is -0.396 e. The molecule has 3 rings (SSSR count). The van der Waals surface area contributed by atoms with Crippen LogP contribution < -0.4 is 10.6 Å². The van der Waals surface area contributed by atoms with E-state index in [4.69, 9.17) is 0 Å². The molecule has 0 bridgehead atoms. The summed E-state index contributed by atoms with van der Waals surface area (Å²) >= 11 is 0. The Morgan fingerprint density at radius 3 is 2.72 bits per heavy atom. The molecule has 0 unspecified atom stereocenters. The number of rotatable bonds is 6. The van der Waals surface area contributed by atoms with Crippen molar-refractivity contribution in [1.82, 2.24) is 20.6 Å². The highest BCUT2D eigenvalue weighted by Gasteiger charge is 2.14. The topological polar surface area (TPSA) is 90.0 Å². The number of aromatic amines is 1. The van der Waals surface area contributed by atoms with E-state index < -0.39 is 0 Å². The Bertz CT molecular complexity index is 845. The summed E-state index contributed by atoms with van der Waals surface area (Å²) in [6.45, 7) is 2.32. The smallest absolute Gasteiger partial charge is 0.315 e. The Labute approximate surface area is 146 Å². The van der Waals surface area contributed by atoms with Crippen LogP contribution in [-0.4, -0.2) is 27.7 Å². The summed E-state index contributed by atoms with van der Waals surface area (Å²) in [6.07, 6.45) is 0.460. The number of nitrogens with one attached hydrogen (secondary N) is 3. The predicted molar refractivity (Wildman–Crippen MR) is 97.1 cm³/mol. The molecule has 2 aromatic carbocycles. The Morgan fingerprint density at radius 1 is 1.20 bits per heavy atom. The number of fused-ring (bicyclic) bond motifs is 1. The van der Waals surface area contributed by atoms with E-state index in [0.717, 1.165) is 22.2 Å². The van der Waals surface area contributed by atoms with Crippen LogP contribution in [0.25, 0.3) is 11.0 Å². The number of urea groups is 1. The van der Waals surface area contributed by atoms with Gasteiger partial charge in [0.25, 0.3) is 0 Å². The number of aryl methyl sites for hydroxylation is 1. The number of aliphatic hydroxyl groups is 1. The molecule has 0 aliphatic rings. The van der Waals surface area contributed by atoms with Gasteiger partial charge in [-0.15, -0.1) is 0 Å². The molecule has 0 saturated carbocycles. The van der Waals surface area contributed by atoms with Crippen molar-refractivity contribution in [3.63, 3.8) is 0 Å². The summed E-state index contributed by atoms with van der Waals surface area (Å²) in [7, 11) is 0. The van der Waals surface area contributed by atoms with Crippen molar-refractivity contribution in [2.45, 2.75) is 25.9 Å². The van der Waals surface area contributed by atoms with Crippen LogP contribution in [0, 0.1) is 6.92 Å². The van der Waals surface area contributed by atoms with E-state index in [1.807, 2.05) is 55.5 Å². The van der Waals surface area contributed by atoms with Gasteiger partial charge in [0.05, 0.1) is 23.6 Å². The first-order valence-corrected chi connectivity index (χ1v) is 8.31. The van der Waals surface area contributed by atoms with Crippen LogP contribution in [0.15, 0.2) is 48.5 Å². The maximum absolute atomic E-state index is 12.2. The zero-order chi connectivity index (χ0) is 17.6. The molecule has 6 heteroatoms. The largest absolute Gasteiger partial charge is 0.396 e. The lowest BCUT2D eigenvalue weighted by atomic mass is 10.0. The number of benzene rings is 2. The molecule has 1 atom stereocenters. The monoisotopic (exact) mass is 338 g/mol. The summed E-state index contributed by atoms with van der Waals surface area (Å²) in [5, 5.41) is 14.9. The number of nitrogens with zero attached hydrogens (tertiary/aromatic N) is 1. The third-order valence-corrected chi connectivity index (χ3v) is 4.10. The van der Waals surface area contributed by atoms with Crippen LogP contribution in [0.3, 0.4) is 0 Å². The van der Waals surface area contributed by atoms with Crippen LogP contribution in [0.5, 0.6) is 0 Å². The van der Waals surface area contributed by atoms with Crippen LogP contribution >= 0.6 is 0 Å². The summed E-state index contributed by atoms with van der Waals surface area (Å²) in [6, 6.07) is 15.0. The van der Waals surface area contributed by atoms with Gasteiger partial charge in [0, 0.05) is 6.61 Å². The van der Waals surface area contributed by atoms with Crippen molar-refractivity contribution in [2.24, 2.45) is 0 Å². The summed E-state index contributed by atoms with van der Waals surface area (Å²) in [4.78, 5) is 19.9.